The van der Waals surface area contributed by atoms with Crippen LogP contribution in [-0.2, 0) is 19.3 Å². The van der Waals surface area contributed by atoms with Crippen LogP contribution in [0.25, 0.3) is 11.1 Å². The van der Waals surface area contributed by atoms with E-state index in [1.54, 1.807) is 12.1 Å². The molecule has 2 aromatic carbocycles. The summed E-state index contributed by atoms with van der Waals surface area (Å²) in [7, 11) is -3.21. The highest BCUT2D eigenvalue weighted by Gasteiger charge is 2.48. The van der Waals surface area contributed by atoms with Crippen LogP contribution in [0.1, 0.15) is 31.4 Å². The Morgan fingerprint density at radius 2 is 1.46 bits per heavy atom. The summed E-state index contributed by atoms with van der Waals surface area (Å²) in [6.07, 6.45) is 1.85. The summed E-state index contributed by atoms with van der Waals surface area (Å²) in [6, 6.07) is 17.1. The Morgan fingerprint density at radius 1 is 0.885 bits per heavy atom. The Balaban J connectivity index is 2.10. The van der Waals surface area contributed by atoms with Gasteiger partial charge in [-0.25, -0.2) is 8.42 Å². The molecule has 0 bridgehead atoms. The SMILES string of the molecule is CCOC1(OCC)CC(c2ccc(S(C)(=O)=O)cc2)=C1c1ccccc1. The predicted octanol–water partition coefficient (Wildman–Crippen LogP) is 4.17. The van der Waals surface area contributed by atoms with Gasteiger partial charge in [0.15, 0.2) is 15.6 Å². The van der Waals surface area contributed by atoms with Crippen LogP contribution in [0, 0.1) is 0 Å². The maximum Gasteiger partial charge on any atom is 0.199 e. The molecule has 3 rings (SSSR count). The average molecular weight is 372 g/mol. The molecule has 1 aliphatic rings. The molecule has 0 N–H and O–H groups in total. The van der Waals surface area contributed by atoms with Gasteiger partial charge in [-0.15, -0.1) is 0 Å². The van der Waals surface area contributed by atoms with E-state index >= 15 is 0 Å². The summed E-state index contributed by atoms with van der Waals surface area (Å²) in [5, 5.41) is 0. The van der Waals surface area contributed by atoms with Gasteiger partial charge in [0.2, 0.25) is 0 Å². The van der Waals surface area contributed by atoms with Crippen molar-refractivity contribution in [1.29, 1.82) is 0 Å². The van der Waals surface area contributed by atoms with Crippen LogP contribution in [0.3, 0.4) is 0 Å². The van der Waals surface area contributed by atoms with E-state index in [1.165, 1.54) is 6.26 Å². The molecule has 26 heavy (non-hydrogen) atoms. The lowest BCUT2D eigenvalue weighted by Gasteiger charge is -2.45. The van der Waals surface area contributed by atoms with Crippen molar-refractivity contribution in [2.75, 3.05) is 19.5 Å². The maximum absolute atomic E-state index is 11.7. The van der Waals surface area contributed by atoms with Gasteiger partial charge in [-0.1, -0.05) is 42.5 Å². The molecule has 0 saturated heterocycles. The van der Waals surface area contributed by atoms with Crippen LogP contribution in [0.4, 0.5) is 0 Å². The molecule has 0 saturated carbocycles. The van der Waals surface area contributed by atoms with Crippen molar-refractivity contribution in [3.05, 3.63) is 65.7 Å². The third-order valence-electron chi connectivity index (χ3n) is 4.54. The first-order valence-corrected chi connectivity index (χ1v) is 10.7. The highest BCUT2D eigenvalue weighted by Crippen LogP contribution is 2.52. The van der Waals surface area contributed by atoms with Gasteiger partial charge < -0.3 is 9.47 Å². The van der Waals surface area contributed by atoms with E-state index in [1.807, 2.05) is 56.3 Å². The zero-order chi connectivity index (χ0) is 18.8. The van der Waals surface area contributed by atoms with Crippen molar-refractivity contribution in [3.8, 4) is 0 Å². The molecular formula is C21H24O4S. The molecule has 0 radical (unpaired) electrons. The first-order chi connectivity index (χ1) is 12.4. The van der Waals surface area contributed by atoms with Crippen LogP contribution in [0.5, 0.6) is 0 Å². The van der Waals surface area contributed by atoms with Crippen molar-refractivity contribution in [2.45, 2.75) is 31.0 Å². The normalized spacial score (nSPS) is 16.4. The zero-order valence-electron chi connectivity index (χ0n) is 15.4. The Labute approximate surface area is 155 Å². The summed E-state index contributed by atoms with van der Waals surface area (Å²) in [4.78, 5) is 0.323. The highest BCUT2D eigenvalue weighted by molar-refractivity contribution is 7.90. The fourth-order valence-electron chi connectivity index (χ4n) is 3.44. The monoisotopic (exact) mass is 372 g/mol. The second-order valence-electron chi connectivity index (χ2n) is 6.31. The summed E-state index contributed by atoms with van der Waals surface area (Å²) in [6.45, 7) is 5.03. The van der Waals surface area contributed by atoms with Gasteiger partial charge in [-0.05, 0) is 42.7 Å². The van der Waals surface area contributed by atoms with E-state index in [4.69, 9.17) is 9.47 Å². The quantitative estimate of drug-likeness (QED) is 0.685. The third-order valence-corrected chi connectivity index (χ3v) is 5.67. The molecule has 4 nitrogen and oxygen atoms in total. The molecule has 0 unspecified atom stereocenters. The second-order valence-corrected chi connectivity index (χ2v) is 8.33. The molecule has 0 spiro atoms. The molecule has 2 aromatic rings. The van der Waals surface area contributed by atoms with Gasteiger partial charge >= 0.3 is 0 Å². The van der Waals surface area contributed by atoms with Gasteiger partial charge in [0.25, 0.3) is 0 Å². The van der Waals surface area contributed by atoms with Crippen molar-refractivity contribution >= 4 is 21.0 Å². The Bertz CT molecular complexity index is 891. The van der Waals surface area contributed by atoms with Gasteiger partial charge in [0, 0.05) is 31.5 Å². The van der Waals surface area contributed by atoms with Crippen molar-refractivity contribution in [3.63, 3.8) is 0 Å². The minimum atomic E-state index is -3.21. The first kappa shape index (κ1) is 18.8. The molecule has 138 valence electrons. The van der Waals surface area contributed by atoms with E-state index < -0.39 is 15.6 Å². The van der Waals surface area contributed by atoms with E-state index in [0.29, 0.717) is 24.5 Å². The molecule has 1 aliphatic carbocycles. The van der Waals surface area contributed by atoms with Crippen molar-refractivity contribution in [1.82, 2.24) is 0 Å². The first-order valence-electron chi connectivity index (χ1n) is 8.78. The van der Waals surface area contributed by atoms with Gasteiger partial charge in [0.1, 0.15) is 0 Å². The van der Waals surface area contributed by atoms with Crippen LogP contribution in [0.2, 0.25) is 0 Å². The standard InChI is InChI=1S/C21H24O4S/c1-4-24-21(25-5-2)15-19(20(21)17-9-7-6-8-10-17)16-11-13-18(14-12-16)26(3,22)23/h6-14H,4-5,15H2,1-3H3. The Morgan fingerprint density at radius 3 is 1.96 bits per heavy atom. The van der Waals surface area contributed by atoms with Crippen LogP contribution in [-0.4, -0.2) is 33.7 Å². The van der Waals surface area contributed by atoms with E-state index in [9.17, 15) is 8.42 Å². The number of benzene rings is 2. The molecule has 0 aliphatic heterocycles. The summed E-state index contributed by atoms with van der Waals surface area (Å²) in [5.74, 6) is -0.740. The zero-order valence-corrected chi connectivity index (χ0v) is 16.2. The number of sulfone groups is 1. The molecule has 0 fully saturated rings. The number of hydrogen-bond acceptors (Lipinski definition) is 4. The van der Waals surface area contributed by atoms with Crippen LogP contribution < -0.4 is 0 Å². The molecule has 0 amide bonds. The van der Waals surface area contributed by atoms with E-state index in [-0.39, 0.29) is 0 Å². The maximum atomic E-state index is 11.7. The lowest BCUT2D eigenvalue weighted by atomic mass is 9.74. The Kier molecular flexibility index (Phi) is 5.32. The fourth-order valence-corrected chi connectivity index (χ4v) is 4.07. The summed E-state index contributed by atoms with van der Waals surface area (Å²) < 4.78 is 35.5. The molecule has 0 atom stereocenters. The Hall–Kier alpha value is -1.95. The fraction of sp³-hybridized carbons (Fsp3) is 0.333. The van der Waals surface area contributed by atoms with Crippen molar-refractivity contribution < 1.29 is 17.9 Å². The van der Waals surface area contributed by atoms with E-state index in [2.05, 4.69) is 0 Å². The minimum Gasteiger partial charge on any atom is -0.346 e. The highest BCUT2D eigenvalue weighted by atomic mass is 32.2. The van der Waals surface area contributed by atoms with Crippen LogP contribution >= 0.6 is 0 Å². The number of ether oxygens (including phenoxy) is 2. The van der Waals surface area contributed by atoms with E-state index in [0.717, 1.165) is 22.3 Å². The average Bonchev–Trinajstić information content (AvgIpc) is 2.60. The number of hydrogen-bond donors (Lipinski definition) is 0. The van der Waals surface area contributed by atoms with Gasteiger partial charge in [-0.3, -0.25) is 0 Å². The molecule has 0 aromatic heterocycles. The predicted molar refractivity (Wildman–Crippen MR) is 103 cm³/mol. The third kappa shape index (κ3) is 3.47. The number of rotatable bonds is 7. The lowest BCUT2D eigenvalue weighted by Crippen LogP contribution is -2.44. The topological polar surface area (TPSA) is 52.6 Å². The molecule has 0 heterocycles. The van der Waals surface area contributed by atoms with Crippen molar-refractivity contribution in [2.24, 2.45) is 0 Å². The smallest absolute Gasteiger partial charge is 0.199 e. The van der Waals surface area contributed by atoms with Gasteiger partial charge in [-0.2, -0.15) is 0 Å². The second kappa shape index (κ2) is 7.35. The lowest BCUT2D eigenvalue weighted by molar-refractivity contribution is -0.194. The summed E-state index contributed by atoms with van der Waals surface area (Å²) >= 11 is 0. The summed E-state index contributed by atoms with van der Waals surface area (Å²) in [5.41, 5.74) is 4.20. The largest absolute Gasteiger partial charge is 0.346 e. The van der Waals surface area contributed by atoms with Crippen LogP contribution in [0.15, 0.2) is 59.5 Å². The van der Waals surface area contributed by atoms with Gasteiger partial charge in [0.05, 0.1) is 4.90 Å². The molecular weight excluding hydrogens is 348 g/mol. The minimum absolute atomic E-state index is 0.323. The molecule has 5 heteroatoms.